The van der Waals surface area contributed by atoms with Gasteiger partial charge in [0, 0.05) is 17.8 Å². The second kappa shape index (κ2) is 5.86. The van der Waals surface area contributed by atoms with Gasteiger partial charge < -0.3 is 5.32 Å². The van der Waals surface area contributed by atoms with E-state index in [-0.39, 0.29) is 0 Å². The van der Waals surface area contributed by atoms with Crippen molar-refractivity contribution in [2.45, 2.75) is 6.54 Å². The van der Waals surface area contributed by atoms with Crippen LogP contribution in [0.25, 0.3) is 0 Å². The van der Waals surface area contributed by atoms with Crippen molar-refractivity contribution in [3.63, 3.8) is 0 Å². The minimum Gasteiger partial charge on any atom is -0.380 e. The van der Waals surface area contributed by atoms with Crippen LogP contribution in [0.5, 0.6) is 0 Å². The number of anilines is 1. The standard InChI is InChI=1S/C14H9ClN4/c15-12-2-1-11(7-16)14(6-12)19-9-10-3-4-18-13(5-10)8-17/h1-6,19H,9H2. The van der Waals surface area contributed by atoms with Gasteiger partial charge in [-0.25, -0.2) is 4.98 Å². The minimum atomic E-state index is 0.367. The molecule has 0 aliphatic rings. The highest BCUT2D eigenvalue weighted by Crippen LogP contribution is 2.21. The molecule has 0 saturated carbocycles. The van der Waals surface area contributed by atoms with Gasteiger partial charge in [-0.15, -0.1) is 0 Å². The summed E-state index contributed by atoms with van der Waals surface area (Å²) in [5, 5.41) is 21.5. The van der Waals surface area contributed by atoms with Crippen molar-refractivity contribution in [3.05, 3.63) is 58.4 Å². The molecule has 2 rings (SSSR count). The zero-order valence-corrected chi connectivity index (χ0v) is 10.6. The van der Waals surface area contributed by atoms with Crippen molar-refractivity contribution in [1.82, 2.24) is 4.98 Å². The van der Waals surface area contributed by atoms with Crippen LogP contribution in [0.3, 0.4) is 0 Å². The largest absolute Gasteiger partial charge is 0.380 e. The fourth-order valence-corrected chi connectivity index (χ4v) is 1.78. The van der Waals surface area contributed by atoms with Gasteiger partial charge in [0.1, 0.15) is 17.8 Å². The number of pyridine rings is 1. The molecule has 1 heterocycles. The first-order chi connectivity index (χ1) is 9.22. The summed E-state index contributed by atoms with van der Waals surface area (Å²) in [5.41, 5.74) is 2.48. The van der Waals surface area contributed by atoms with Crippen LogP contribution in [0.1, 0.15) is 16.8 Å². The quantitative estimate of drug-likeness (QED) is 0.928. The number of hydrogen-bond acceptors (Lipinski definition) is 4. The first-order valence-corrected chi connectivity index (χ1v) is 5.89. The summed E-state index contributed by atoms with van der Waals surface area (Å²) < 4.78 is 0. The maximum Gasteiger partial charge on any atom is 0.140 e. The number of halogens is 1. The van der Waals surface area contributed by atoms with Gasteiger partial charge in [-0.2, -0.15) is 10.5 Å². The summed E-state index contributed by atoms with van der Waals surface area (Å²) in [4.78, 5) is 3.90. The summed E-state index contributed by atoms with van der Waals surface area (Å²) in [6.07, 6.45) is 1.58. The Morgan fingerprint density at radius 1 is 1.16 bits per heavy atom. The summed E-state index contributed by atoms with van der Waals surface area (Å²) in [6, 6.07) is 12.6. The molecule has 1 N–H and O–H groups in total. The Balaban J connectivity index is 2.17. The maximum atomic E-state index is 9.00. The zero-order valence-electron chi connectivity index (χ0n) is 9.89. The third-order valence-corrected chi connectivity index (χ3v) is 2.76. The molecule has 19 heavy (non-hydrogen) atoms. The number of nitrogens with zero attached hydrogens (tertiary/aromatic N) is 3. The summed E-state index contributed by atoms with van der Waals surface area (Å²) >= 11 is 5.90. The molecule has 1 aromatic heterocycles. The molecular weight excluding hydrogens is 260 g/mol. The molecule has 0 aliphatic carbocycles. The van der Waals surface area contributed by atoms with Gasteiger partial charge in [0.25, 0.3) is 0 Å². The third-order valence-electron chi connectivity index (χ3n) is 2.52. The fourth-order valence-electron chi connectivity index (χ4n) is 1.60. The van der Waals surface area contributed by atoms with Crippen LogP contribution in [0.2, 0.25) is 5.02 Å². The van der Waals surface area contributed by atoms with Crippen molar-refractivity contribution in [3.8, 4) is 12.1 Å². The highest BCUT2D eigenvalue weighted by Gasteiger charge is 2.03. The first kappa shape index (κ1) is 12.9. The van der Waals surface area contributed by atoms with E-state index in [1.54, 1.807) is 30.5 Å². The molecule has 0 amide bonds. The van der Waals surface area contributed by atoms with Crippen LogP contribution in [0, 0.1) is 22.7 Å². The van der Waals surface area contributed by atoms with Crippen LogP contribution in [0.4, 0.5) is 5.69 Å². The van der Waals surface area contributed by atoms with Gasteiger partial charge in [0.05, 0.1) is 11.3 Å². The van der Waals surface area contributed by atoms with Gasteiger partial charge in [-0.3, -0.25) is 0 Å². The van der Waals surface area contributed by atoms with E-state index in [0.717, 1.165) is 5.56 Å². The fraction of sp³-hybridized carbons (Fsp3) is 0.0714. The molecular formula is C14H9ClN4. The highest BCUT2D eigenvalue weighted by molar-refractivity contribution is 6.30. The number of nitriles is 2. The van der Waals surface area contributed by atoms with Gasteiger partial charge in [0.15, 0.2) is 0 Å². The van der Waals surface area contributed by atoms with E-state index >= 15 is 0 Å². The molecule has 92 valence electrons. The number of nitrogens with one attached hydrogen (secondary N) is 1. The van der Waals surface area contributed by atoms with Crippen LogP contribution >= 0.6 is 11.6 Å². The monoisotopic (exact) mass is 268 g/mol. The molecule has 0 aliphatic heterocycles. The van der Waals surface area contributed by atoms with Crippen LogP contribution in [0.15, 0.2) is 36.5 Å². The van der Waals surface area contributed by atoms with Gasteiger partial charge >= 0.3 is 0 Å². The minimum absolute atomic E-state index is 0.367. The van der Waals surface area contributed by atoms with Crippen molar-refractivity contribution in [2.75, 3.05) is 5.32 Å². The van der Waals surface area contributed by atoms with Crippen LogP contribution in [-0.2, 0) is 6.54 Å². The SMILES string of the molecule is N#Cc1cc(CNc2cc(Cl)ccc2C#N)ccn1. The lowest BCUT2D eigenvalue weighted by Gasteiger charge is -2.08. The molecule has 5 heteroatoms. The second-order valence-corrected chi connectivity index (χ2v) is 4.25. The van der Waals surface area contributed by atoms with E-state index in [9.17, 15) is 0 Å². The normalized spacial score (nSPS) is 9.42. The first-order valence-electron chi connectivity index (χ1n) is 5.51. The van der Waals surface area contributed by atoms with Gasteiger partial charge in [-0.1, -0.05) is 11.6 Å². The Bertz CT molecular complexity index is 683. The summed E-state index contributed by atoms with van der Waals surface area (Å²) in [7, 11) is 0. The molecule has 0 saturated heterocycles. The number of hydrogen-bond donors (Lipinski definition) is 1. The average molecular weight is 269 g/mol. The topological polar surface area (TPSA) is 72.5 Å². The Hall–Kier alpha value is -2.56. The van der Waals surface area contributed by atoms with E-state index in [2.05, 4.69) is 16.4 Å². The number of rotatable bonds is 3. The molecule has 0 radical (unpaired) electrons. The molecule has 0 unspecified atom stereocenters. The molecule has 0 bridgehead atoms. The van der Waals surface area contributed by atoms with E-state index in [0.29, 0.717) is 28.5 Å². The van der Waals surface area contributed by atoms with E-state index in [1.807, 2.05) is 12.1 Å². The Morgan fingerprint density at radius 3 is 2.74 bits per heavy atom. The average Bonchev–Trinajstić information content (AvgIpc) is 2.45. The van der Waals surface area contributed by atoms with E-state index in [4.69, 9.17) is 22.1 Å². The Morgan fingerprint density at radius 2 is 2.00 bits per heavy atom. The smallest absolute Gasteiger partial charge is 0.140 e. The predicted octanol–water partition coefficient (Wildman–Crippen LogP) is 3.09. The van der Waals surface area contributed by atoms with E-state index < -0.39 is 0 Å². The molecule has 2 aromatic rings. The third kappa shape index (κ3) is 3.22. The Labute approximate surface area is 115 Å². The van der Waals surface area contributed by atoms with E-state index in [1.165, 1.54) is 0 Å². The van der Waals surface area contributed by atoms with Crippen LogP contribution in [-0.4, -0.2) is 4.98 Å². The highest BCUT2D eigenvalue weighted by atomic mass is 35.5. The number of aromatic nitrogens is 1. The van der Waals surface area contributed by atoms with Gasteiger partial charge in [-0.05, 0) is 35.9 Å². The second-order valence-electron chi connectivity index (χ2n) is 3.82. The maximum absolute atomic E-state index is 9.00. The van der Waals surface area contributed by atoms with Gasteiger partial charge in [0.2, 0.25) is 0 Å². The Kier molecular flexibility index (Phi) is 3.97. The molecule has 4 nitrogen and oxygen atoms in total. The van der Waals surface area contributed by atoms with Crippen molar-refractivity contribution < 1.29 is 0 Å². The molecule has 1 aromatic carbocycles. The summed E-state index contributed by atoms with van der Waals surface area (Å²) in [6.45, 7) is 0.492. The van der Waals surface area contributed by atoms with Crippen LogP contribution < -0.4 is 5.32 Å². The summed E-state index contributed by atoms with van der Waals surface area (Å²) in [5.74, 6) is 0. The lowest BCUT2D eigenvalue weighted by molar-refractivity contribution is 1.11. The van der Waals surface area contributed by atoms with Crippen molar-refractivity contribution in [2.24, 2.45) is 0 Å². The predicted molar refractivity (Wildman–Crippen MR) is 72.4 cm³/mol. The van der Waals surface area contributed by atoms with Crippen molar-refractivity contribution >= 4 is 17.3 Å². The molecule has 0 fully saturated rings. The zero-order chi connectivity index (χ0) is 13.7. The molecule has 0 spiro atoms. The molecule has 0 atom stereocenters. The lowest BCUT2D eigenvalue weighted by atomic mass is 10.1. The number of benzene rings is 1. The lowest BCUT2D eigenvalue weighted by Crippen LogP contribution is -2.02. The van der Waals surface area contributed by atoms with Crippen molar-refractivity contribution in [1.29, 1.82) is 10.5 Å².